The minimum atomic E-state index is -0.154. The molecule has 53 heavy (non-hydrogen) atoms. The van der Waals surface area contributed by atoms with E-state index >= 15 is 0 Å². The largest absolute Gasteiger partial charge is 0.378 e. The second-order valence-corrected chi connectivity index (χ2v) is 11.8. The summed E-state index contributed by atoms with van der Waals surface area (Å²) in [7, 11) is 0. The molecule has 0 aliphatic carbocycles. The lowest BCUT2D eigenvalue weighted by Crippen LogP contribution is -2.38. The number of nitrogens with two attached hydrogens (primary N) is 2. The average Bonchev–Trinajstić information content (AvgIpc) is 3.17. The highest BCUT2D eigenvalue weighted by Crippen LogP contribution is 2.26. The van der Waals surface area contributed by atoms with Gasteiger partial charge in [0.15, 0.2) is 0 Å². The summed E-state index contributed by atoms with van der Waals surface area (Å²) in [6.07, 6.45) is 0.0939. The molecule has 0 radical (unpaired) electrons. The molecule has 0 saturated carbocycles. The Kier molecular flexibility index (Phi) is 24.0. The number of ether oxygens (including phenoxy) is 8. The van der Waals surface area contributed by atoms with Crippen molar-refractivity contribution in [1.82, 2.24) is 4.90 Å². The number of benzene rings is 2. The van der Waals surface area contributed by atoms with Gasteiger partial charge in [-0.3, -0.25) is 9.59 Å². The summed E-state index contributed by atoms with van der Waals surface area (Å²) in [5, 5.41) is 0. The molecule has 294 valence electrons. The molecular formula is C39H58N4O10. The monoisotopic (exact) mass is 742 g/mol. The summed E-state index contributed by atoms with van der Waals surface area (Å²) in [6, 6.07) is 15.4. The lowest BCUT2D eigenvalue weighted by Gasteiger charge is -2.27. The number of nitrogens with zero attached hydrogens (tertiary/aromatic N) is 2. The van der Waals surface area contributed by atoms with Gasteiger partial charge in [-0.05, 0) is 23.8 Å². The van der Waals surface area contributed by atoms with E-state index in [0.29, 0.717) is 138 Å². The average molecular weight is 743 g/mol. The zero-order valence-electron chi connectivity index (χ0n) is 31.0. The fourth-order valence-corrected chi connectivity index (χ4v) is 5.12. The molecule has 0 saturated heterocycles. The molecule has 14 nitrogen and oxygen atoms in total. The smallest absolute Gasteiger partial charge is 0.227 e. The standard InChI is InChI=1S/C39H58N4O10/c40-13-17-46-21-25-50-29-31-52-27-23-48-19-15-42(16-20-49-24-28-53-32-30-51-26-22-47-18-14-41)38(44)11-12-39(45)43-33-36-7-2-1-5-34(36)9-10-35-6-3-4-8-37(35)43/h1-8H,11-33,40-41H2. The van der Waals surface area contributed by atoms with Crippen molar-refractivity contribution < 1.29 is 47.5 Å². The molecule has 1 aliphatic heterocycles. The molecule has 1 aliphatic rings. The Bertz CT molecular complexity index is 1320. The van der Waals surface area contributed by atoms with Crippen LogP contribution < -0.4 is 16.4 Å². The number of para-hydroxylation sites is 1. The van der Waals surface area contributed by atoms with Gasteiger partial charge in [-0.15, -0.1) is 0 Å². The molecule has 14 heteroatoms. The van der Waals surface area contributed by atoms with Crippen LogP contribution in [0.4, 0.5) is 5.69 Å². The zero-order chi connectivity index (χ0) is 37.6. The third kappa shape index (κ3) is 18.9. The van der Waals surface area contributed by atoms with Gasteiger partial charge in [0.25, 0.3) is 0 Å². The topological polar surface area (TPSA) is 167 Å². The highest BCUT2D eigenvalue weighted by molar-refractivity contribution is 5.96. The van der Waals surface area contributed by atoms with Gasteiger partial charge in [-0.25, -0.2) is 0 Å². The third-order valence-corrected chi connectivity index (χ3v) is 7.85. The van der Waals surface area contributed by atoms with Crippen molar-refractivity contribution in [3.8, 4) is 11.8 Å². The van der Waals surface area contributed by atoms with Crippen LogP contribution >= 0.6 is 0 Å². The molecular weight excluding hydrogens is 684 g/mol. The van der Waals surface area contributed by atoms with Gasteiger partial charge < -0.3 is 59.2 Å². The number of carbonyl (C=O) groups is 2. The van der Waals surface area contributed by atoms with Crippen molar-refractivity contribution in [2.75, 3.05) is 137 Å². The maximum atomic E-state index is 13.7. The maximum Gasteiger partial charge on any atom is 0.227 e. The van der Waals surface area contributed by atoms with Gasteiger partial charge in [0.1, 0.15) is 0 Å². The predicted molar refractivity (Wildman–Crippen MR) is 201 cm³/mol. The fourth-order valence-electron chi connectivity index (χ4n) is 5.12. The molecule has 0 aromatic heterocycles. The van der Waals surface area contributed by atoms with Crippen molar-refractivity contribution in [3.63, 3.8) is 0 Å². The zero-order valence-corrected chi connectivity index (χ0v) is 31.0. The van der Waals surface area contributed by atoms with Crippen LogP contribution in [0.3, 0.4) is 0 Å². The van der Waals surface area contributed by atoms with Crippen molar-refractivity contribution in [2.24, 2.45) is 11.5 Å². The van der Waals surface area contributed by atoms with Gasteiger partial charge in [-0.2, -0.15) is 0 Å². The molecule has 2 aromatic carbocycles. The van der Waals surface area contributed by atoms with Gasteiger partial charge in [0, 0.05) is 50.1 Å². The van der Waals surface area contributed by atoms with E-state index in [4.69, 9.17) is 49.4 Å². The minimum absolute atomic E-state index is 0.0467. The quantitative estimate of drug-likeness (QED) is 0.0848. The van der Waals surface area contributed by atoms with E-state index in [1.54, 1.807) is 9.80 Å². The van der Waals surface area contributed by atoms with Gasteiger partial charge in [0.2, 0.25) is 11.8 Å². The molecule has 0 spiro atoms. The number of hydrogen-bond donors (Lipinski definition) is 2. The van der Waals surface area contributed by atoms with Gasteiger partial charge in [0.05, 0.1) is 118 Å². The number of amides is 2. The van der Waals surface area contributed by atoms with Crippen molar-refractivity contribution >= 4 is 17.5 Å². The summed E-state index contributed by atoms with van der Waals surface area (Å²) in [6.45, 7) is 9.02. The Morgan fingerprint density at radius 3 is 1.47 bits per heavy atom. The first-order valence-electron chi connectivity index (χ1n) is 18.4. The first kappa shape index (κ1) is 43.9. The molecule has 4 N–H and O–H groups in total. The second-order valence-electron chi connectivity index (χ2n) is 11.8. The van der Waals surface area contributed by atoms with E-state index in [2.05, 4.69) is 11.8 Å². The lowest BCUT2D eigenvalue weighted by atomic mass is 10.0. The number of anilines is 1. The van der Waals surface area contributed by atoms with E-state index < -0.39 is 0 Å². The summed E-state index contributed by atoms with van der Waals surface area (Å²) in [5.74, 6) is 6.15. The Hall–Kier alpha value is -3.46. The van der Waals surface area contributed by atoms with Crippen LogP contribution in [0.1, 0.15) is 29.5 Å². The van der Waals surface area contributed by atoms with E-state index in [1.165, 1.54) is 0 Å². The normalized spacial score (nSPS) is 12.0. The minimum Gasteiger partial charge on any atom is -0.378 e. The molecule has 2 amide bonds. The first-order chi connectivity index (χ1) is 26.1. The van der Waals surface area contributed by atoms with E-state index in [0.717, 1.165) is 22.4 Å². The summed E-state index contributed by atoms with van der Waals surface area (Å²) in [4.78, 5) is 30.6. The van der Waals surface area contributed by atoms with E-state index in [-0.39, 0.29) is 24.7 Å². The van der Waals surface area contributed by atoms with Crippen LogP contribution in [-0.2, 0) is 54.0 Å². The Morgan fingerprint density at radius 2 is 0.962 bits per heavy atom. The highest BCUT2D eigenvalue weighted by Gasteiger charge is 2.23. The fraction of sp³-hybridized carbons (Fsp3) is 0.590. The molecule has 3 rings (SSSR count). The van der Waals surface area contributed by atoms with E-state index in [9.17, 15) is 9.59 Å². The number of carbonyl (C=O) groups excluding carboxylic acids is 2. The van der Waals surface area contributed by atoms with Crippen LogP contribution in [0.25, 0.3) is 0 Å². The number of rotatable bonds is 31. The van der Waals surface area contributed by atoms with Crippen molar-refractivity contribution in [2.45, 2.75) is 19.4 Å². The molecule has 1 heterocycles. The molecule has 0 bridgehead atoms. The van der Waals surface area contributed by atoms with Crippen LogP contribution in [0, 0.1) is 11.8 Å². The number of fused-ring (bicyclic) bond motifs is 2. The summed E-state index contributed by atoms with van der Waals surface area (Å²) >= 11 is 0. The van der Waals surface area contributed by atoms with Crippen LogP contribution in [0.2, 0.25) is 0 Å². The van der Waals surface area contributed by atoms with Crippen molar-refractivity contribution in [3.05, 3.63) is 65.2 Å². The Morgan fingerprint density at radius 1 is 0.547 bits per heavy atom. The van der Waals surface area contributed by atoms with E-state index in [1.807, 2.05) is 48.5 Å². The Labute approximate surface area is 314 Å². The molecule has 0 unspecified atom stereocenters. The van der Waals surface area contributed by atoms with Crippen molar-refractivity contribution in [1.29, 1.82) is 0 Å². The first-order valence-corrected chi connectivity index (χ1v) is 18.4. The molecule has 2 aromatic rings. The van der Waals surface area contributed by atoms with Crippen LogP contribution in [0.5, 0.6) is 0 Å². The molecule has 0 fully saturated rings. The highest BCUT2D eigenvalue weighted by atomic mass is 16.6. The maximum absolute atomic E-state index is 13.7. The number of hydrogen-bond acceptors (Lipinski definition) is 12. The summed E-state index contributed by atoms with van der Waals surface area (Å²) < 4.78 is 44.1. The third-order valence-electron chi connectivity index (χ3n) is 7.85. The van der Waals surface area contributed by atoms with Crippen LogP contribution in [-0.4, -0.2) is 149 Å². The molecule has 0 atom stereocenters. The SMILES string of the molecule is NCCOCCOCCOCCOCCN(CCOCCOCCOCCOCCN)C(=O)CCC(=O)N1Cc2ccccc2C#Cc2ccccc21. The summed E-state index contributed by atoms with van der Waals surface area (Å²) in [5.41, 5.74) is 14.1. The lowest BCUT2D eigenvalue weighted by molar-refractivity contribution is -0.134. The van der Waals surface area contributed by atoms with Gasteiger partial charge in [-0.1, -0.05) is 42.2 Å². The Balaban J connectivity index is 1.43. The van der Waals surface area contributed by atoms with Gasteiger partial charge >= 0.3 is 0 Å². The predicted octanol–water partition coefficient (Wildman–Crippen LogP) is 1.59. The second kappa shape index (κ2) is 29.0. The van der Waals surface area contributed by atoms with Crippen LogP contribution in [0.15, 0.2) is 48.5 Å².